The second kappa shape index (κ2) is 4.61. The van der Waals surface area contributed by atoms with Crippen LogP contribution < -0.4 is 5.32 Å². The molecule has 2 atom stereocenters. The molecule has 1 aliphatic rings. The summed E-state index contributed by atoms with van der Waals surface area (Å²) in [7, 11) is 1.70. The van der Waals surface area contributed by atoms with Crippen LogP contribution in [0.5, 0.6) is 0 Å². The number of nitrogens with one attached hydrogen (secondary N) is 1. The molecule has 1 saturated heterocycles. The van der Waals surface area contributed by atoms with Crippen molar-refractivity contribution in [1.82, 2.24) is 10.2 Å². The molecule has 1 heterocycles. The van der Waals surface area contributed by atoms with Crippen LogP contribution in [0.3, 0.4) is 0 Å². The third-order valence-corrected chi connectivity index (χ3v) is 3.04. The first-order valence-corrected chi connectivity index (χ1v) is 5.13. The molecule has 3 heteroatoms. The smallest absolute Gasteiger partial charge is 0.233 e. The van der Waals surface area contributed by atoms with E-state index in [0.29, 0.717) is 12.6 Å². The average Bonchev–Trinajstić information content (AvgIpc) is 2.46. The predicted octanol–water partition coefficient (Wildman–Crippen LogP) is 0.853. The normalized spacial score (nSPS) is 29.2. The zero-order valence-corrected chi connectivity index (χ0v) is 8.84. The van der Waals surface area contributed by atoms with Crippen molar-refractivity contribution < 1.29 is 4.79 Å². The standard InChI is InChI=1S/C10H20N2O/c1-4-9-8(2)5-6-12(9)7-10(13)11-3/h8-9H,4-7H2,1-3H3,(H,11,13). The van der Waals surface area contributed by atoms with Gasteiger partial charge in [-0.05, 0) is 25.3 Å². The molecule has 1 rings (SSSR count). The number of hydrogen-bond acceptors (Lipinski definition) is 2. The van der Waals surface area contributed by atoms with Crippen molar-refractivity contribution in [3.63, 3.8) is 0 Å². The summed E-state index contributed by atoms with van der Waals surface area (Å²) < 4.78 is 0. The molecule has 0 aromatic carbocycles. The minimum atomic E-state index is 0.132. The molecule has 0 aromatic rings. The van der Waals surface area contributed by atoms with Gasteiger partial charge in [0.1, 0.15) is 0 Å². The summed E-state index contributed by atoms with van der Waals surface area (Å²) in [5, 5.41) is 2.67. The molecule has 0 aromatic heterocycles. The van der Waals surface area contributed by atoms with Crippen molar-refractivity contribution in [2.45, 2.75) is 32.7 Å². The minimum absolute atomic E-state index is 0.132. The van der Waals surface area contributed by atoms with Gasteiger partial charge in [-0.3, -0.25) is 9.69 Å². The SMILES string of the molecule is CCC1C(C)CCN1CC(=O)NC. The van der Waals surface area contributed by atoms with E-state index in [9.17, 15) is 4.79 Å². The third kappa shape index (κ3) is 2.44. The number of amides is 1. The number of likely N-dealkylation sites (tertiary alicyclic amines) is 1. The Morgan fingerprint density at radius 3 is 2.85 bits per heavy atom. The molecule has 0 saturated carbocycles. The maximum Gasteiger partial charge on any atom is 0.233 e. The molecule has 3 nitrogen and oxygen atoms in total. The van der Waals surface area contributed by atoms with Crippen LogP contribution in [0, 0.1) is 5.92 Å². The van der Waals surface area contributed by atoms with Crippen LogP contribution in [0.4, 0.5) is 0 Å². The summed E-state index contributed by atoms with van der Waals surface area (Å²) >= 11 is 0. The zero-order chi connectivity index (χ0) is 9.84. The Labute approximate surface area is 80.5 Å². The van der Waals surface area contributed by atoms with Gasteiger partial charge in [0.05, 0.1) is 6.54 Å². The van der Waals surface area contributed by atoms with Gasteiger partial charge < -0.3 is 5.32 Å². The summed E-state index contributed by atoms with van der Waals surface area (Å²) in [6.45, 7) is 6.12. The second-order valence-electron chi connectivity index (χ2n) is 3.89. The summed E-state index contributed by atoms with van der Waals surface area (Å²) in [6.07, 6.45) is 2.38. The highest BCUT2D eigenvalue weighted by molar-refractivity contribution is 5.77. The van der Waals surface area contributed by atoms with Crippen molar-refractivity contribution >= 4 is 5.91 Å². The van der Waals surface area contributed by atoms with Crippen LogP contribution in [-0.4, -0.2) is 37.0 Å². The van der Waals surface area contributed by atoms with Crippen LogP contribution in [-0.2, 0) is 4.79 Å². The van der Waals surface area contributed by atoms with E-state index in [2.05, 4.69) is 24.1 Å². The highest BCUT2D eigenvalue weighted by Crippen LogP contribution is 2.25. The molecular formula is C10H20N2O. The molecule has 0 spiro atoms. The van der Waals surface area contributed by atoms with Crippen molar-refractivity contribution in [2.75, 3.05) is 20.1 Å². The first kappa shape index (κ1) is 10.5. The van der Waals surface area contributed by atoms with Gasteiger partial charge in [-0.15, -0.1) is 0 Å². The molecule has 1 amide bonds. The van der Waals surface area contributed by atoms with Crippen molar-refractivity contribution in [3.8, 4) is 0 Å². The summed E-state index contributed by atoms with van der Waals surface area (Å²) in [5.74, 6) is 0.877. The highest BCUT2D eigenvalue weighted by Gasteiger charge is 2.30. The van der Waals surface area contributed by atoms with E-state index in [4.69, 9.17) is 0 Å². The third-order valence-electron chi connectivity index (χ3n) is 3.04. The topological polar surface area (TPSA) is 32.3 Å². The molecule has 2 unspecified atom stereocenters. The fourth-order valence-electron chi connectivity index (χ4n) is 2.21. The van der Waals surface area contributed by atoms with E-state index >= 15 is 0 Å². The lowest BCUT2D eigenvalue weighted by Crippen LogP contribution is -2.39. The van der Waals surface area contributed by atoms with Gasteiger partial charge in [0, 0.05) is 13.1 Å². The number of nitrogens with zero attached hydrogens (tertiary/aromatic N) is 1. The molecule has 1 N–H and O–H groups in total. The number of carbonyl (C=O) groups is 1. The van der Waals surface area contributed by atoms with E-state index < -0.39 is 0 Å². The van der Waals surface area contributed by atoms with Gasteiger partial charge >= 0.3 is 0 Å². The largest absolute Gasteiger partial charge is 0.358 e. The van der Waals surface area contributed by atoms with Crippen LogP contribution in [0.1, 0.15) is 26.7 Å². The Balaban J connectivity index is 2.45. The van der Waals surface area contributed by atoms with Gasteiger partial charge in [0.25, 0.3) is 0 Å². The van der Waals surface area contributed by atoms with Crippen molar-refractivity contribution in [1.29, 1.82) is 0 Å². The van der Waals surface area contributed by atoms with E-state index in [-0.39, 0.29) is 5.91 Å². The van der Waals surface area contributed by atoms with Crippen LogP contribution in [0.25, 0.3) is 0 Å². The summed E-state index contributed by atoms with van der Waals surface area (Å²) in [4.78, 5) is 13.5. The molecule has 0 aliphatic carbocycles. The maximum atomic E-state index is 11.2. The molecular weight excluding hydrogens is 164 g/mol. The van der Waals surface area contributed by atoms with Gasteiger partial charge in [-0.2, -0.15) is 0 Å². The lowest BCUT2D eigenvalue weighted by Gasteiger charge is -2.24. The second-order valence-corrected chi connectivity index (χ2v) is 3.89. The lowest BCUT2D eigenvalue weighted by molar-refractivity contribution is -0.122. The maximum absolute atomic E-state index is 11.2. The van der Waals surface area contributed by atoms with E-state index in [1.54, 1.807) is 7.05 Å². The Kier molecular flexibility index (Phi) is 3.72. The van der Waals surface area contributed by atoms with Gasteiger partial charge in [-0.25, -0.2) is 0 Å². The monoisotopic (exact) mass is 184 g/mol. The number of hydrogen-bond donors (Lipinski definition) is 1. The van der Waals surface area contributed by atoms with Crippen molar-refractivity contribution in [2.24, 2.45) is 5.92 Å². The van der Waals surface area contributed by atoms with Gasteiger partial charge in [0.2, 0.25) is 5.91 Å². The minimum Gasteiger partial charge on any atom is -0.358 e. The molecule has 1 aliphatic heterocycles. The summed E-state index contributed by atoms with van der Waals surface area (Å²) in [5.41, 5.74) is 0. The zero-order valence-electron chi connectivity index (χ0n) is 8.84. The average molecular weight is 184 g/mol. The Morgan fingerprint density at radius 2 is 2.31 bits per heavy atom. The van der Waals surface area contributed by atoms with Crippen LogP contribution >= 0.6 is 0 Å². The molecule has 76 valence electrons. The van der Waals surface area contributed by atoms with E-state index in [1.807, 2.05) is 0 Å². The van der Waals surface area contributed by atoms with Crippen LogP contribution in [0.15, 0.2) is 0 Å². The first-order valence-electron chi connectivity index (χ1n) is 5.13. The van der Waals surface area contributed by atoms with Gasteiger partial charge in [0.15, 0.2) is 0 Å². The summed E-state index contributed by atoms with van der Waals surface area (Å²) in [6, 6.07) is 0.609. The molecule has 13 heavy (non-hydrogen) atoms. The molecule has 0 bridgehead atoms. The van der Waals surface area contributed by atoms with E-state index in [0.717, 1.165) is 18.9 Å². The lowest BCUT2D eigenvalue weighted by atomic mass is 10.0. The fraction of sp³-hybridized carbons (Fsp3) is 0.900. The predicted molar refractivity (Wildman–Crippen MR) is 53.5 cm³/mol. The number of likely N-dealkylation sites (N-methyl/N-ethyl adjacent to an activating group) is 1. The molecule has 1 fully saturated rings. The number of rotatable bonds is 3. The Morgan fingerprint density at radius 1 is 1.62 bits per heavy atom. The Bertz CT molecular complexity index is 182. The fourth-order valence-corrected chi connectivity index (χ4v) is 2.21. The van der Waals surface area contributed by atoms with E-state index in [1.165, 1.54) is 6.42 Å². The highest BCUT2D eigenvalue weighted by atomic mass is 16.1. The molecule has 0 radical (unpaired) electrons. The number of carbonyl (C=O) groups excluding carboxylic acids is 1. The Hall–Kier alpha value is -0.570. The first-order chi connectivity index (χ1) is 6.19. The van der Waals surface area contributed by atoms with Crippen LogP contribution in [0.2, 0.25) is 0 Å². The quantitative estimate of drug-likeness (QED) is 0.705. The van der Waals surface area contributed by atoms with Gasteiger partial charge in [-0.1, -0.05) is 13.8 Å². The van der Waals surface area contributed by atoms with Crippen molar-refractivity contribution in [3.05, 3.63) is 0 Å².